The van der Waals surface area contributed by atoms with E-state index in [0.29, 0.717) is 10.2 Å². The van der Waals surface area contributed by atoms with E-state index in [2.05, 4.69) is 21.2 Å². The minimum atomic E-state index is -3.95. The van der Waals surface area contributed by atoms with Crippen molar-refractivity contribution in [2.24, 2.45) is 0 Å². The molecule has 0 aromatic heterocycles. The van der Waals surface area contributed by atoms with Gasteiger partial charge in [0.05, 0.1) is 11.4 Å². The molecule has 2 rings (SSSR count). The van der Waals surface area contributed by atoms with Crippen LogP contribution in [0.4, 0.5) is 5.69 Å². The molecule has 9 heteroatoms. The van der Waals surface area contributed by atoms with E-state index in [1.54, 1.807) is 0 Å². The lowest BCUT2D eigenvalue weighted by atomic mass is 10.2. The second-order valence-corrected chi connectivity index (χ2v) is 7.07. The van der Waals surface area contributed by atoms with Gasteiger partial charge in [-0.05, 0) is 41.1 Å². The summed E-state index contributed by atoms with van der Waals surface area (Å²) < 4.78 is 26.3. The van der Waals surface area contributed by atoms with Crippen molar-refractivity contribution in [1.82, 2.24) is 9.62 Å². The Morgan fingerprint density at radius 2 is 2.05 bits per heavy atom. The van der Waals surface area contributed by atoms with E-state index in [9.17, 15) is 18.0 Å². The Morgan fingerprint density at radius 1 is 1.40 bits per heavy atom. The average Bonchev–Trinajstić information content (AvgIpc) is 2.36. The molecule has 1 aromatic carbocycles. The van der Waals surface area contributed by atoms with Crippen LogP contribution in [0.1, 0.15) is 6.92 Å². The van der Waals surface area contributed by atoms with Gasteiger partial charge in [-0.2, -0.15) is 4.31 Å². The Balaban J connectivity index is 2.45. The number of amides is 2. The van der Waals surface area contributed by atoms with Gasteiger partial charge in [-0.15, -0.1) is 0 Å². The molecule has 3 N–H and O–H groups in total. The first kappa shape index (κ1) is 14.9. The van der Waals surface area contributed by atoms with Gasteiger partial charge in [-0.25, -0.2) is 8.42 Å². The number of halogens is 1. The molecule has 0 spiro atoms. The molecule has 20 heavy (non-hydrogen) atoms. The van der Waals surface area contributed by atoms with E-state index < -0.39 is 34.4 Å². The Kier molecular flexibility index (Phi) is 3.85. The molecule has 0 aliphatic carbocycles. The van der Waals surface area contributed by atoms with E-state index in [1.807, 2.05) is 0 Å². The highest BCUT2D eigenvalue weighted by Crippen LogP contribution is 2.26. The number of sulfonamides is 1. The van der Waals surface area contributed by atoms with Crippen LogP contribution in [0.5, 0.6) is 0 Å². The lowest BCUT2D eigenvalue weighted by Gasteiger charge is -2.30. The van der Waals surface area contributed by atoms with Crippen molar-refractivity contribution >= 4 is 43.5 Å². The third-order valence-electron chi connectivity index (χ3n) is 2.95. The first-order valence-corrected chi connectivity index (χ1v) is 7.87. The van der Waals surface area contributed by atoms with Gasteiger partial charge in [-0.1, -0.05) is 0 Å². The minimum absolute atomic E-state index is 0.0343. The van der Waals surface area contributed by atoms with E-state index in [1.165, 1.54) is 25.1 Å². The zero-order chi connectivity index (χ0) is 15.1. The molecule has 1 unspecified atom stereocenters. The molecule has 1 saturated heterocycles. The van der Waals surface area contributed by atoms with Crippen molar-refractivity contribution in [2.45, 2.75) is 17.9 Å². The Morgan fingerprint density at radius 3 is 2.65 bits per heavy atom. The standard InChI is InChI=1S/C11H12BrN3O4S/c1-6-11(17)14-10(16)5-15(6)20(18,19)7-2-3-9(13)8(12)4-7/h2-4,6H,5,13H2,1H3,(H,14,16,17). The number of hydrogen-bond acceptors (Lipinski definition) is 5. The van der Waals surface area contributed by atoms with Crippen LogP contribution >= 0.6 is 15.9 Å². The number of carbonyl (C=O) groups is 2. The third-order valence-corrected chi connectivity index (χ3v) is 5.55. The molecule has 1 aromatic rings. The van der Waals surface area contributed by atoms with E-state index in [4.69, 9.17) is 5.73 Å². The minimum Gasteiger partial charge on any atom is -0.398 e. The molecule has 1 atom stereocenters. The zero-order valence-electron chi connectivity index (χ0n) is 10.5. The second kappa shape index (κ2) is 5.15. The van der Waals surface area contributed by atoms with E-state index in [-0.39, 0.29) is 4.90 Å². The highest BCUT2D eigenvalue weighted by molar-refractivity contribution is 9.10. The predicted molar refractivity (Wildman–Crippen MR) is 75.1 cm³/mol. The quantitative estimate of drug-likeness (QED) is 0.572. The summed E-state index contributed by atoms with van der Waals surface area (Å²) in [5, 5.41) is 2.09. The number of carbonyl (C=O) groups excluding carboxylic acids is 2. The summed E-state index contributed by atoms with van der Waals surface area (Å²) in [6, 6.07) is 3.16. The number of nitrogens with one attached hydrogen (secondary N) is 1. The van der Waals surface area contributed by atoms with Crippen molar-refractivity contribution in [3.8, 4) is 0 Å². The number of nitrogen functional groups attached to an aromatic ring is 1. The van der Waals surface area contributed by atoms with Gasteiger partial charge in [0.15, 0.2) is 0 Å². The maximum atomic E-state index is 12.5. The molecule has 0 radical (unpaired) electrons. The molecule has 7 nitrogen and oxygen atoms in total. The number of piperazine rings is 1. The second-order valence-electron chi connectivity index (χ2n) is 4.32. The summed E-state index contributed by atoms with van der Waals surface area (Å²) in [5.74, 6) is -1.29. The summed E-state index contributed by atoms with van der Waals surface area (Å²) in [6.45, 7) is 1.03. The number of anilines is 1. The Hall–Kier alpha value is -1.45. The molecule has 2 amide bonds. The number of nitrogens with two attached hydrogens (primary N) is 1. The molecule has 0 bridgehead atoms. The smallest absolute Gasteiger partial charge is 0.244 e. The summed E-state index contributed by atoms with van der Waals surface area (Å²) in [6.07, 6.45) is 0. The highest BCUT2D eigenvalue weighted by Gasteiger charge is 2.38. The molecule has 1 aliphatic heterocycles. The highest BCUT2D eigenvalue weighted by atomic mass is 79.9. The largest absolute Gasteiger partial charge is 0.398 e. The average molecular weight is 362 g/mol. The van der Waals surface area contributed by atoms with Crippen molar-refractivity contribution in [1.29, 1.82) is 0 Å². The maximum absolute atomic E-state index is 12.5. The Labute approximate surface area is 124 Å². The third kappa shape index (κ3) is 2.56. The number of rotatable bonds is 2. The molecular weight excluding hydrogens is 350 g/mol. The summed E-state index contributed by atoms with van der Waals surface area (Å²) in [4.78, 5) is 22.9. The molecular formula is C11H12BrN3O4S. The van der Waals surface area contributed by atoms with Crippen LogP contribution < -0.4 is 11.1 Å². The first-order chi connectivity index (χ1) is 9.23. The predicted octanol–water partition coefficient (Wildman–Crippen LogP) is 0.0669. The van der Waals surface area contributed by atoms with Crippen LogP contribution in [0.25, 0.3) is 0 Å². The molecule has 0 saturated carbocycles. The number of imide groups is 1. The van der Waals surface area contributed by atoms with Gasteiger partial charge in [0.1, 0.15) is 6.04 Å². The first-order valence-electron chi connectivity index (χ1n) is 5.64. The summed E-state index contributed by atoms with van der Waals surface area (Å²) in [5.41, 5.74) is 6.00. The molecule has 1 heterocycles. The van der Waals surface area contributed by atoms with Gasteiger partial charge in [0.25, 0.3) is 0 Å². The van der Waals surface area contributed by atoms with Crippen LogP contribution in [0, 0.1) is 0 Å². The van der Waals surface area contributed by atoms with Crippen molar-refractivity contribution in [3.63, 3.8) is 0 Å². The summed E-state index contributed by atoms with van der Waals surface area (Å²) in [7, 11) is -3.95. The maximum Gasteiger partial charge on any atom is 0.244 e. The normalized spacial score (nSPS) is 20.8. The lowest BCUT2D eigenvalue weighted by molar-refractivity contribution is -0.136. The van der Waals surface area contributed by atoms with Gasteiger partial charge >= 0.3 is 0 Å². The lowest BCUT2D eigenvalue weighted by Crippen LogP contribution is -2.58. The van der Waals surface area contributed by atoms with Crippen molar-refractivity contribution in [3.05, 3.63) is 22.7 Å². The number of nitrogens with zero attached hydrogens (tertiary/aromatic N) is 1. The van der Waals surface area contributed by atoms with Gasteiger partial charge < -0.3 is 5.73 Å². The topological polar surface area (TPSA) is 110 Å². The Bertz CT molecular complexity index is 689. The number of hydrogen-bond donors (Lipinski definition) is 2. The molecule has 108 valence electrons. The van der Waals surface area contributed by atoms with Crippen LogP contribution in [0.2, 0.25) is 0 Å². The van der Waals surface area contributed by atoms with Crippen LogP contribution in [-0.4, -0.2) is 37.1 Å². The van der Waals surface area contributed by atoms with Crippen molar-refractivity contribution < 1.29 is 18.0 Å². The zero-order valence-corrected chi connectivity index (χ0v) is 12.9. The molecule has 1 fully saturated rings. The van der Waals surface area contributed by atoms with Crippen LogP contribution in [0.15, 0.2) is 27.6 Å². The van der Waals surface area contributed by atoms with Crippen LogP contribution in [-0.2, 0) is 19.6 Å². The van der Waals surface area contributed by atoms with Gasteiger partial charge in [0.2, 0.25) is 21.8 Å². The fourth-order valence-corrected chi connectivity index (χ4v) is 3.89. The fourth-order valence-electron chi connectivity index (χ4n) is 1.79. The van der Waals surface area contributed by atoms with E-state index >= 15 is 0 Å². The van der Waals surface area contributed by atoms with Gasteiger partial charge in [0, 0.05) is 10.2 Å². The SMILES string of the molecule is CC1C(=O)NC(=O)CN1S(=O)(=O)c1ccc(N)c(Br)c1. The number of benzene rings is 1. The van der Waals surface area contributed by atoms with Gasteiger partial charge in [-0.3, -0.25) is 14.9 Å². The van der Waals surface area contributed by atoms with Crippen LogP contribution in [0.3, 0.4) is 0 Å². The fraction of sp³-hybridized carbons (Fsp3) is 0.273. The summed E-state index contributed by atoms with van der Waals surface area (Å²) >= 11 is 3.15. The van der Waals surface area contributed by atoms with E-state index in [0.717, 1.165) is 4.31 Å². The molecule has 1 aliphatic rings. The van der Waals surface area contributed by atoms with Crippen molar-refractivity contribution in [2.75, 3.05) is 12.3 Å². The monoisotopic (exact) mass is 361 g/mol.